The molecule has 206 valence electrons. The van der Waals surface area contributed by atoms with Gasteiger partial charge in [0.1, 0.15) is 22.9 Å². The summed E-state index contributed by atoms with van der Waals surface area (Å²) in [6.07, 6.45) is 1.85. The van der Waals surface area contributed by atoms with E-state index < -0.39 is 26.9 Å². The quantitative estimate of drug-likeness (QED) is 0.416. The Bertz CT molecular complexity index is 1520. The number of amides is 1. The van der Waals surface area contributed by atoms with Crippen LogP contribution in [0.2, 0.25) is 0 Å². The summed E-state index contributed by atoms with van der Waals surface area (Å²) < 4.78 is 33.9. The van der Waals surface area contributed by atoms with Crippen LogP contribution in [0.3, 0.4) is 0 Å². The van der Waals surface area contributed by atoms with Gasteiger partial charge < -0.3 is 10.5 Å². The SMILES string of the molecule is Cc1cc(C)c(Oc2nc(C3CC(C)(C)CCC3=O)ccc2C(=O)NS(=O)(=O)c2cccc(N)n2)c(C)c1.[HH].[HH].[HH]. The fourth-order valence-corrected chi connectivity index (χ4v) is 5.75. The van der Waals surface area contributed by atoms with Crippen LogP contribution in [-0.4, -0.2) is 30.1 Å². The number of pyridine rings is 2. The minimum Gasteiger partial charge on any atom is -0.438 e. The number of nitrogens with one attached hydrogen (secondary N) is 1. The minimum absolute atomic E-state index is 0. The van der Waals surface area contributed by atoms with Crippen molar-refractivity contribution in [2.45, 2.75) is 64.8 Å². The molecule has 10 heteroatoms. The predicted molar refractivity (Wildman–Crippen MR) is 150 cm³/mol. The Labute approximate surface area is 227 Å². The van der Waals surface area contributed by atoms with Crippen LogP contribution < -0.4 is 15.2 Å². The van der Waals surface area contributed by atoms with E-state index in [0.29, 0.717) is 24.3 Å². The Morgan fingerprint density at radius 2 is 1.79 bits per heavy atom. The highest BCUT2D eigenvalue weighted by Crippen LogP contribution is 2.42. The smallest absolute Gasteiger partial charge is 0.281 e. The van der Waals surface area contributed by atoms with Crippen molar-refractivity contribution in [2.75, 3.05) is 5.73 Å². The monoisotopic (exact) mass is 542 g/mol. The van der Waals surface area contributed by atoms with Crippen LogP contribution in [0.15, 0.2) is 47.5 Å². The lowest BCUT2D eigenvalue weighted by atomic mass is 9.70. The number of carbonyl (C=O) groups is 2. The Hall–Kier alpha value is -3.79. The first-order valence-corrected chi connectivity index (χ1v) is 13.8. The molecule has 1 aliphatic rings. The zero-order chi connectivity index (χ0) is 27.8. The number of aryl methyl sites for hydroxylation is 3. The number of carbonyl (C=O) groups excluding carboxylic acids is 2. The number of Topliss-reactive ketones (excluding diaryl/α,β-unsaturated/α-hetero) is 1. The molecular formula is C28H38N4O5S. The fraction of sp³-hybridized carbons (Fsp3) is 0.357. The van der Waals surface area contributed by atoms with Crippen molar-refractivity contribution in [3.8, 4) is 11.6 Å². The molecule has 1 aliphatic carbocycles. The van der Waals surface area contributed by atoms with Crippen LogP contribution in [0.1, 0.15) is 76.1 Å². The van der Waals surface area contributed by atoms with Gasteiger partial charge in [-0.05, 0) is 74.4 Å². The average molecular weight is 543 g/mol. The highest BCUT2D eigenvalue weighted by atomic mass is 32.2. The van der Waals surface area contributed by atoms with E-state index in [4.69, 9.17) is 10.5 Å². The molecule has 1 amide bonds. The summed E-state index contributed by atoms with van der Waals surface area (Å²) >= 11 is 0. The first-order valence-electron chi connectivity index (χ1n) is 12.3. The third kappa shape index (κ3) is 5.85. The van der Waals surface area contributed by atoms with Crippen LogP contribution in [0, 0.1) is 26.2 Å². The summed E-state index contributed by atoms with van der Waals surface area (Å²) in [5.74, 6) is -0.884. The molecule has 0 bridgehead atoms. The zero-order valence-electron chi connectivity index (χ0n) is 22.2. The van der Waals surface area contributed by atoms with E-state index in [1.54, 1.807) is 6.07 Å². The number of nitrogens with two attached hydrogens (primary N) is 1. The van der Waals surface area contributed by atoms with Gasteiger partial charge in [-0.2, -0.15) is 8.42 Å². The molecule has 0 saturated heterocycles. The van der Waals surface area contributed by atoms with Gasteiger partial charge in [0, 0.05) is 10.7 Å². The van der Waals surface area contributed by atoms with Gasteiger partial charge in [-0.1, -0.05) is 37.6 Å². The van der Waals surface area contributed by atoms with Crippen molar-refractivity contribution in [1.29, 1.82) is 0 Å². The number of hydrogen-bond acceptors (Lipinski definition) is 8. The predicted octanol–water partition coefficient (Wildman–Crippen LogP) is 5.50. The van der Waals surface area contributed by atoms with Crippen molar-refractivity contribution in [3.05, 3.63) is 70.4 Å². The number of anilines is 1. The molecule has 0 radical (unpaired) electrons. The zero-order valence-corrected chi connectivity index (χ0v) is 23.0. The Morgan fingerprint density at radius 3 is 2.45 bits per heavy atom. The number of rotatable bonds is 6. The third-order valence-electron chi connectivity index (χ3n) is 6.73. The van der Waals surface area contributed by atoms with Crippen LogP contribution >= 0.6 is 0 Å². The van der Waals surface area contributed by atoms with Crippen molar-refractivity contribution >= 4 is 27.5 Å². The van der Waals surface area contributed by atoms with Gasteiger partial charge in [0.25, 0.3) is 15.9 Å². The first-order chi connectivity index (χ1) is 17.8. The van der Waals surface area contributed by atoms with Gasteiger partial charge in [0.15, 0.2) is 5.03 Å². The largest absolute Gasteiger partial charge is 0.438 e. The number of aromatic nitrogens is 2. The summed E-state index contributed by atoms with van der Waals surface area (Å²) in [5.41, 5.74) is 8.66. The second-order valence-electron chi connectivity index (χ2n) is 10.6. The lowest BCUT2D eigenvalue weighted by molar-refractivity contribution is -0.124. The average Bonchev–Trinajstić information content (AvgIpc) is 2.82. The molecule has 38 heavy (non-hydrogen) atoms. The molecular weight excluding hydrogens is 504 g/mol. The summed E-state index contributed by atoms with van der Waals surface area (Å²) in [6, 6.07) is 11.0. The molecule has 3 N–H and O–H groups in total. The van der Waals surface area contributed by atoms with Crippen molar-refractivity contribution < 1.29 is 27.0 Å². The van der Waals surface area contributed by atoms with Gasteiger partial charge in [0.05, 0.1) is 11.6 Å². The molecule has 2 aromatic heterocycles. The number of ether oxygens (including phenoxy) is 1. The highest BCUT2D eigenvalue weighted by molar-refractivity contribution is 7.90. The summed E-state index contributed by atoms with van der Waals surface area (Å²) in [6.45, 7) is 9.94. The standard InChI is InChI=1S/C28H32N4O5S.3H2/c1-16-13-17(2)25(18(3)14-16)37-27-19(26(34)32-38(35,36)24-8-6-7-23(29)31-24)9-10-21(30-27)20-15-28(4,5)12-11-22(20)33;;;/h6-10,13-14,20H,11-12,15H2,1-5H3,(H2,29,31)(H,32,34);3*1H. The second kappa shape index (κ2) is 10.2. The maximum absolute atomic E-state index is 13.3. The number of benzene rings is 1. The van der Waals surface area contributed by atoms with E-state index in [9.17, 15) is 18.0 Å². The number of sulfonamides is 1. The summed E-state index contributed by atoms with van der Waals surface area (Å²) in [5, 5.41) is -0.391. The van der Waals surface area contributed by atoms with Gasteiger partial charge in [-0.3, -0.25) is 9.59 Å². The van der Waals surface area contributed by atoms with E-state index >= 15 is 0 Å². The molecule has 1 unspecified atom stereocenters. The minimum atomic E-state index is -4.32. The van der Waals surface area contributed by atoms with Gasteiger partial charge in [0.2, 0.25) is 5.88 Å². The van der Waals surface area contributed by atoms with Gasteiger partial charge in [-0.15, -0.1) is 0 Å². The molecule has 3 aromatic rings. The van der Waals surface area contributed by atoms with Crippen molar-refractivity contribution in [2.24, 2.45) is 5.41 Å². The molecule has 1 fully saturated rings. The van der Waals surface area contributed by atoms with Crippen LogP contribution in [0.25, 0.3) is 0 Å². The van der Waals surface area contributed by atoms with E-state index in [1.807, 2.05) is 37.6 Å². The Morgan fingerprint density at radius 1 is 1.11 bits per heavy atom. The topological polar surface area (TPSA) is 141 Å². The summed E-state index contributed by atoms with van der Waals surface area (Å²) in [4.78, 5) is 34.5. The lowest BCUT2D eigenvalue weighted by Crippen LogP contribution is -2.32. The van der Waals surface area contributed by atoms with Crippen LogP contribution in [0.4, 0.5) is 5.82 Å². The van der Waals surface area contributed by atoms with E-state index in [1.165, 1.54) is 24.3 Å². The van der Waals surface area contributed by atoms with Crippen LogP contribution in [0.5, 0.6) is 11.6 Å². The third-order valence-corrected chi connectivity index (χ3v) is 7.96. The number of nitrogens with zero attached hydrogens (tertiary/aromatic N) is 2. The molecule has 2 heterocycles. The second-order valence-corrected chi connectivity index (χ2v) is 12.3. The Kier molecular flexibility index (Phi) is 7.29. The molecule has 1 saturated carbocycles. The van der Waals surface area contributed by atoms with Crippen molar-refractivity contribution in [1.82, 2.24) is 14.7 Å². The summed E-state index contributed by atoms with van der Waals surface area (Å²) in [7, 11) is -4.32. The number of ketones is 1. The lowest BCUT2D eigenvalue weighted by Gasteiger charge is -2.34. The van der Waals surface area contributed by atoms with Crippen molar-refractivity contribution in [3.63, 3.8) is 0 Å². The molecule has 4 rings (SSSR count). The first kappa shape index (κ1) is 27.3. The van der Waals surface area contributed by atoms with Gasteiger partial charge >= 0.3 is 0 Å². The molecule has 9 nitrogen and oxygen atoms in total. The van der Waals surface area contributed by atoms with E-state index in [-0.39, 0.29) is 32.7 Å². The van der Waals surface area contributed by atoms with Gasteiger partial charge in [-0.25, -0.2) is 14.7 Å². The number of hydrogen-bond donors (Lipinski definition) is 2. The molecule has 0 aliphatic heterocycles. The van der Waals surface area contributed by atoms with Crippen LogP contribution in [-0.2, 0) is 14.8 Å². The number of nitrogen functional groups attached to an aromatic ring is 1. The fourth-order valence-electron chi connectivity index (χ4n) is 4.81. The molecule has 0 spiro atoms. The molecule has 1 aromatic carbocycles. The molecule has 1 atom stereocenters. The maximum Gasteiger partial charge on any atom is 0.281 e. The normalized spacial score (nSPS) is 17.2. The van der Waals surface area contributed by atoms with E-state index in [2.05, 4.69) is 23.8 Å². The van der Waals surface area contributed by atoms with E-state index in [0.717, 1.165) is 23.1 Å². The maximum atomic E-state index is 13.3. The highest BCUT2D eigenvalue weighted by Gasteiger charge is 2.36. The Balaban J connectivity index is 0.00000280.